The Balaban J connectivity index is 0.000000741. The van der Waals surface area contributed by atoms with E-state index in [0.29, 0.717) is 18.4 Å². The van der Waals surface area contributed by atoms with Crippen LogP contribution in [0.4, 0.5) is 0 Å². The van der Waals surface area contributed by atoms with Gasteiger partial charge >= 0.3 is 0 Å². The van der Waals surface area contributed by atoms with E-state index in [1.165, 1.54) is 11.1 Å². The largest absolute Gasteiger partial charge is 0.303 e. The Labute approximate surface area is 118 Å². The van der Waals surface area contributed by atoms with Crippen molar-refractivity contribution < 1.29 is 4.79 Å². The number of rotatable bonds is 3. The summed E-state index contributed by atoms with van der Waals surface area (Å²) in [6, 6.07) is 8.93. The monoisotopic (exact) mass is 263 g/mol. The number of hydrogen-bond donors (Lipinski definition) is 0. The maximum absolute atomic E-state index is 10.7. The Morgan fingerprint density at radius 2 is 1.74 bits per heavy atom. The summed E-state index contributed by atoms with van der Waals surface area (Å²) < 4.78 is 0. The third kappa shape index (κ3) is 4.46. The third-order valence-corrected chi connectivity index (χ3v) is 3.26. The van der Waals surface area contributed by atoms with Crippen LogP contribution in [0.2, 0.25) is 0 Å². The lowest BCUT2D eigenvalue weighted by molar-refractivity contribution is -0.108. The second-order valence-corrected chi connectivity index (χ2v) is 4.47. The van der Waals surface area contributed by atoms with Gasteiger partial charge in [-0.1, -0.05) is 52.0 Å². The first-order valence-electron chi connectivity index (χ1n) is 7.42. The molecule has 0 radical (unpaired) electrons. The molecule has 0 spiro atoms. The molecule has 108 valence electrons. The minimum atomic E-state index is 0.409. The highest BCUT2D eigenvalue weighted by Crippen LogP contribution is 2.40. The number of hydrogen-bond acceptors (Lipinski definition) is 2. The molecule has 0 aliphatic heterocycles. The predicted molar refractivity (Wildman–Crippen MR) is 83.4 cm³/mol. The van der Waals surface area contributed by atoms with E-state index >= 15 is 0 Å². The normalized spacial score (nSPS) is 19.7. The SMILES string of the molecule is CC.CC.CN(C)C1c2ccccc2CC1CC=O. The molecular formula is C17H29NO. The molecule has 0 aromatic heterocycles. The Hall–Kier alpha value is -1.15. The lowest BCUT2D eigenvalue weighted by Crippen LogP contribution is -2.24. The van der Waals surface area contributed by atoms with Crippen LogP contribution in [0.1, 0.15) is 51.3 Å². The van der Waals surface area contributed by atoms with Gasteiger partial charge in [0.2, 0.25) is 0 Å². The standard InChI is InChI=1S/C13H17NO.2C2H6/c1-14(2)13-11(7-8-15)9-10-5-3-4-6-12(10)13;2*1-2/h3-6,8,11,13H,7,9H2,1-2H3;2*1-2H3. The minimum absolute atomic E-state index is 0.409. The van der Waals surface area contributed by atoms with Gasteiger partial charge in [-0.15, -0.1) is 0 Å². The molecule has 0 heterocycles. The predicted octanol–water partition coefficient (Wildman–Crippen LogP) is 4.10. The molecule has 0 N–H and O–H groups in total. The maximum Gasteiger partial charge on any atom is 0.120 e. The highest BCUT2D eigenvalue weighted by Gasteiger charge is 2.32. The van der Waals surface area contributed by atoms with Crippen molar-refractivity contribution in [1.82, 2.24) is 4.90 Å². The quantitative estimate of drug-likeness (QED) is 0.765. The smallest absolute Gasteiger partial charge is 0.120 e. The second kappa shape index (κ2) is 9.74. The molecule has 2 rings (SSSR count). The van der Waals surface area contributed by atoms with Crippen molar-refractivity contribution in [3.8, 4) is 0 Å². The van der Waals surface area contributed by atoms with E-state index in [4.69, 9.17) is 0 Å². The molecule has 19 heavy (non-hydrogen) atoms. The Morgan fingerprint density at radius 1 is 1.16 bits per heavy atom. The Bertz CT molecular complexity index is 360. The fourth-order valence-corrected chi connectivity index (χ4v) is 2.69. The molecule has 1 aliphatic carbocycles. The van der Waals surface area contributed by atoms with Crippen LogP contribution in [0.3, 0.4) is 0 Å². The number of fused-ring (bicyclic) bond motifs is 1. The van der Waals surface area contributed by atoms with Crippen LogP contribution in [0.5, 0.6) is 0 Å². The summed E-state index contributed by atoms with van der Waals surface area (Å²) in [5.41, 5.74) is 2.80. The van der Waals surface area contributed by atoms with Crippen molar-refractivity contribution in [2.75, 3.05) is 14.1 Å². The average Bonchev–Trinajstić information content (AvgIpc) is 2.81. The highest BCUT2D eigenvalue weighted by atomic mass is 16.1. The molecule has 0 saturated carbocycles. The number of carbonyl (C=O) groups is 1. The van der Waals surface area contributed by atoms with E-state index in [1.807, 2.05) is 27.7 Å². The summed E-state index contributed by atoms with van der Waals surface area (Å²) in [4.78, 5) is 12.9. The van der Waals surface area contributed by atoms with Gasteiger partial charge in [0.15, 0.2) is 0 Å². The van der Waals surface area contributed by atoms with Crippen molar-refractivity contribution in [1.29, 1.82) is 0 Å². The molecule has 2 heteroatoms. The van der Waals surface area contributed by atoms with Crippen LogP contribution in [0.25, 0.3) is 0 Å². The lowest BCUT2D eigenvalue weighted by Gasteiger charge is -2.25. The van der Waals surface area contributed by atoms with Crippen molar-refractivity contribution in [3.05, 3.63) is 35.4 Å². The number of aldehydes is 1. The molecule has 0 saturated heterocycles. The number of benzene rings is 1. The van der Waals surface area contributed by atoms with E-state index in [2.05, 4.69) is 43.3 Å². The molecular weight excluding hydrogens is 234 g/mol. The zero-order valence-electron chi connectivity index (χ0n) is 13.3. The fourth-order valence-electron chi connectivity index (χ4n) is 2.69. The summed E-state index contributed by atoms with van der Waals surface area (Å²) in [6.07, 6.45) is 2.75. The molecule has 1 aromatic carbocycles. The Kier molecular flexibility index (Phi) is 9.15. The van der Waals surface area contributed by atoms with Crippen LogP contribution >= 0.6 is 0 Å². The topological polar surface area (TPSA) is 20.3 Å². The molecule has 2 atom stereocenters. The minimum Gasteiger partial charge on any atom is -0.303 e. The number of nitrogens with zero attached hydrogens (tertiary/aromatic N) is 1. The first kappa shape index (κ1) is 17.8. The van der Waals surface area contributed by atoms with Gasteiger partial charge in [0.05, 0.1) is 0 Å². The van der Waals surface area contributed by atoms with Crippen molar-refractivity contribution in [3.63, 3.8) is 0 Å². The fraction of sp³-hybridized carbons (Fsp3) is 0.588. The summed E-state index contributed by atoms with van der Waals surface area (Å²) in [5.74, 6) is 0.454. The average molecular weight is 263 g/mol. The Morgan fingerprint density at radius 3 is 2.26 bits per heavy atom. The number of carbonyl (C=O) groups excluding carboxylic acids is 1. The van der Waals surface area contributed by atoms with Gasteiger partial charge in [-0.2, -0.15) is 0 Å². The zero-order chi connectivity index (χ0) is 14.8. The summed E-state index contributed by atoms with van der Waals surface area (Å²) >= 11 is 0. The van der Waals surface area contributed by atoms with E-state index in [-0.39, 0.29) is 0 Å². The van der Waals surface area contributed by atoms with Gasteiger partial charge in [-0.05, 0) is 37.6 Å². The second-order valence-electron chi connectivity index (χ2n) is 4.47. The van der Waals surface area contributed by atoms with Crippen molar-refractivity contribution in [2.45, 2.75) is 46.6 Å². The summed E-state index contributed by atoms with van der Waals surface area (Å²) in [5, 5.41) is 0. The van der Waals surface area contributed by atoms with Crippen LogP contribution in [-0.2, 0) is 11.2 Å². The molecule has 2 nitrogen and oxygen atoms in total. The van der Waals surface area contributed by atoms with Crippen LogP contribution in [-0.4, -0.2) is 25.3 Å². The van der Waals surface area contributed by atoms with Gasteiger partial charge in [-0.25, -0.2) is 0 Å². The molecule has 1 aliphatic rings. The van der Waals surface area contributed by atoms with E-state index in [0.717, 1.165) is 12.7 Å². The first-order valence-corrected chi connectivity index (χ1v) is 7.42. The summed E-state index contributed by atoms with van der Waals surface area (Å²) in [7, 11) is 4.18. The lowest BCUT2D eigenvalue weighted by atomic mass is 9.97. The third-order valence-electron chi connectivity index (χ3n) is 3.26. The summed E-state index contributed by atoms with van der Waals surface area (Å²) in [6.45, 7) is 8.00. The van der Waals surface area contributed by atoms with Gasteiger partial charge in [0.25, 0.3) is 0 Å². The molecule has 0 bridgehead atoms. The van der Waals surface area contributed by atoms with Crippen LogP contribution < -0.4 is 0 Å². The molecule has 0 fully saturated rings. The van der Waals surface area contributed by atoms with Gasteiger partial charge < -0.3 is 9.69 Å². The van der Waals surface area contributed by atoms with Crippen LogP contribution in [0, 0.1) is 5.92 Å². The van der Waals surface area contributed by atoms with Gasteiger partial charge in [-0.3, -0.25) is 0 Å². The van der Waals surface area contributed by atoms with E-state index < -0.39 is 0 Å². The molecule has 1 aromatic rings. The molecule has 2 unspecified atom stereocenters. The molecule has 0 amide bonds. The first-order chi connectivity index (χ1) is 9.24. The zero-order valence-corrected chi connectivity index (χ0v) is 13.3. The van der Waals surface area contributed by atoms with E-state index in [1.54, 1.807) is 0 Å². The highest BCUT2D eigenvalue weighted by molar-refractivity contribution is 5.51. The maximum atomic E-state index is 10.7. The van der Waals surface area contributed by atoms with Crippen molar-refractivity contribution >= 4 is 6.29 Å². The van der Waals surface area contributed by atoms with Crippen LogP contribution in [0.15, 0.2) is 24.3 Å². The van der Waals surface area contributed by atoms with Gasteiger partial charge in [0.1, 0.15) is 6.29 Å². The van der Waals surface area contributed by atoms with Crippen molar-refractivity contribution in [2.24, 2.45) is 5.92 Å². The van der Waals surface area contributed by atoms with E-state index in [9.17, 15) is 4.79 Å². The van der Waals surface area contributed by atoms with Gasteiger partial charge in [0, 0.05) is 12.5 Å².